The molecule has 4 atom stereocenters. The van der Waals surface area contributed by atoms with Crippen LogP contribution in [-0.2, 0) is 44.7 Å². The zero-order chi connectivity index (χ0) is 38.5. The number of imide groups is 1. The van der Waals surface area contributed by atoms with Crippen LogP contribution in [0.15, 0.2) is 23.0 Å². The first kappa shape index (κ1) is 38.9. The predicted octanol–water partition coefficient (Wildman–Crippen LogP) is 2.03. The number of aliphatic hydroxyl groups excluding tert-OH is 1. The maximum atomic E-state index is 14.8. The van der Waals surface area contributed by atoms with Gasteiger partial charge in [0.25, 0.3) is 5.91 Å². The lowest BCUT2D eigenvalue weighted by Gasteiger charge is -2.52. The number of rotatable bonds is 8. The Balaban J connectivity index is 1.98. The molecule has 1 aromatic carbocycles. The Morgan fingerprint density at radius 1 is 0.980 bits per heavy atom. The molecule has 15 nitrogen and oxygen atoms in total. The van der Waals surface area contributed by atoms with E-state index in [-0.39, 0.29) is 53.3 Å². The van der Waals surface area contributed by atoms with Gasteiger partial charge in [-0.3, -0.25) is 43.8 Å². The van der Waals surface area contributed by atoms with Gasteiger partial charge in [0, 0.05) is 57.6 Å². The second-order valence-corrected chi connectivity index (χ2v) is 14.9. The third-order valence-electron chi connectivity index (χ3n) is 9.41. The van der Waals surface area contributed by atoms with Gasteiger partial charge in [-0.1, -0.05) is 0 Å². The number of carbonyl (C=O) groups excluding carboxylic acids is 7. The first-order valence-corrected chi connectivity index (χ1v) is 16.6. The van der Waals surface area contributed by atoms with E-state index in [1.807, 2.05) is 20.8 Å². The maximum Gasteiger partial charge on any atom is 0.308 e. The Morgan fingerprint density at radius 2 is 1.59 bits per heavy atom. The topological polar surface area (TPSA) is 201 Å². The minimum Gasteiger partial charge on any atom is -0.507 e. The Hall–Kier alpha value is -4.89. The number of esters is 2. The van der Waals surface area contributed by atoms with Crippen molar-refractivity contribution >= 4 is 58.4 Å². The average Bonchev–Trinajstić information content (AvgIpc) is 2.97. The number of likely N-dealkylation sites (N-methyl/N-ethyl adjacent to an activating group) is 1. The zero-order valence-corrected chi connectivity index (χ0v) is 30.9. The second kappa shape index (κ2) is 14.0. The van der Waals surface area contributed by atoms with Gasteiger partial charge in [0.15, 0.2) is 17.3 Å². The summed E-state index contributed by atoms with van der Waals surface area (Å²) in [6.07, 6.45) is 0.294. The number of fused-ring (bicyclic) bond motifs is 3. The van der Waals surface area contributed by atoms with E-state index in [2.05, 4.69) is 16.0 Å². The molecule has 0 bridgehead atoms. The first-order chi connectivity index (χ1) is 23.5. The summed E-state index contributed by atoms with van der Waals surface area (Å²) >= 11 is 0. The third kappa shape index (κ3) is 7.31. The maximum absolute atomic E-state index is 14.8. The molecule has 0 aliphatic heterocycles. The standard InChI is InChI=1S/C36H47N5O10/c1-16(42)38-34(49)27-31(51-18(3)44)28(41(10)11)21-13-19-12-20-23(40(8)9)14-22(39-24(45)15-37-35(4,5)6)30(50-17(2)43)26(20)29(46)25(19)32(47)36(21,7)33(27)48/h14,19,21,28,37,46H,12-13,15H2,1-11H3,(H,39,45)(H,38,42,49)/t19-,21-,28-,36+/m0/s1. The Bertz CT molecular complexity index is 1800. The molecule has 0 heterocycles. The normalized spacial score (nSPS) is 22.9. The number of benzene rings is 1. The quantitative estimate of drug-likeness (QED) is 0.132. The van der Waals surface area contributed by atoms with Crippen LogP contribution in [0.2, 0.25) is 0 Å². The Morgan fingerprint density at radius 3 is 2.10 bits per heavy atom. The molecular weight excluding hydrogens is 662 g/mol. The fourth-order valence-electron chi connectivity index (χ4n) is 7.31. The molecule has 0 spiro atoms. The summed E-state index contributed by atoms with van der Waals surface area (Å²) in [7, 11) is 6.82. The number of ketones is 2. The number of amides is 3. The molecule has 3 aliphatic rings. The minimum absolute atomic E-state index is 0.00948. The number of ether oxygens (including phenoxy) is 2. The lowest BCUT2D eigenvalue weighted by molar-refractivity contribution is -0.149. The summed E-state index contributed by atoms with van der Waals surface area (Å²) < 4.78 is 11.2. The average molecular weight is 710 g/mol. The number of anilines is 2. The predicted molar refractivity (Wildman–Crippen MR) is 187 cm³/mol. The van der Waals surface area contributed by atoms with E-state index in [0.717, 1.165) is 20.8 Å². The molecule has 3 aliphatic carbocycles. The number of allylic oxidation sites excluding steroid dienone is 1. The molecule has 1 fully saturated rings. The first-order valence-electron chi connectivity index (χ1n) is 16.6. The fraction of sp³-hybridized carbons (Fsp3) is 0.528. The lowest BCUT2D eigenvalue weighted by Crippen LogP contribution is -2.62. The number of aliphatic hydroxyl groups is 1. The van der Waals surface area contributed by atoms with Crippen molar-refractivity contribution in [3.63, 3.8) is 0 Å². The molecule has 0 saturated heterocycles. The molecule has 3 amide bonds. The highest BCUT2D eigenvalue weighted by molar-refractivity contribution is 6.32. The molecule has 15 heteroatoms. The number of nitrogens with one attached hydrogen (secondary N) is 3. The van der Waals surface area contributed by atoms with Gasteiger partial charge < -0.3 is 30.1 Å². The van der Waals surface area contributed by atoms with E-state index in [4.69, 9.17) is 9.47 Å². The van der Waals surface area contributed by atoms with Crippen LogP contribution >= 0.6 is 0 Å². The molecule has 0 unspecified atom stereocenters. The van der Waals surface area contributed by atoms with Crippen LogP contribution in [0.1, 0.15) is 66.0 Å². The molecule has 4 N–H and O–H groups in total. The molecule has 0 aromatic heterocycles. The van der Waals surface area contributed by atoms with Crippen LogP contribution in [0.25, 0.3) is 5.76 Å². The van der Waals surface area contributed by atoms with E-state index >= 15 is 0 Å². The third-order valence-corrected chi connectivity index (χ3v) is 9.41. The Kier molecular flexibility index (Phi) is 10.7. The Labute approximate surface area is 296 Å². The van der Waals surface area contributed by atoms with Crippen molar-refractivity contribution in [1.82, 2.24) is 15.5 Å². The van der Waals surface area contributed by atoms with Crippen molar-refractivity contribution in [3.8, 4) is 5.75 Å². The highest BCUT2D eigenvalue weighted by Crippen LogP contribution is 2.57. The van der Waals surface area contributed by atoms with Crippen LogP contribution in [0, 0.1) is 17.3 Å². The molecule has 51 heavy (non-hydrogen) atoms. The van der Waals surface area contributed by atoms with Gasteiger partial charge in [-0.15, -0.1) is 0 Å². The van der Waals surface area contributed by atoms with Gasteiger partial charge in [-0.05, 0) is 72.2 Å². The highest BCUT2D eigenvalue weighted by atomic mass is 16.5. The monoisotopic (exact) mass is 709 g/mol. The van der Waals surface area contributed by atoms with Crippen LogP contribution in [0.4, 0.5) is 11.4 Å². The summed E-state index contributed by atoms with van der Waals surface area (Å²) in [6, 6.07) is 0.690. The van der Waals surface area contributed by atoms with Gasteiger partial charge in [0.05, 0.1) is 29.3 Å². The molecular formula is C36H47N5O10. The van der Waals surface area contributed by atoms with Crippen molar-refractivity contribution < 1.29 is 48.1 Å². The second-order valence-electron chi connectivity index (χ2n) is 14.9. The molecule has 0 radical (unpaired) electrons. The van der Waals surface area contributed by atoms with Gasteiger partial charge in [-0.25, -0.2) is 0 Å². The number of Topliss-reactive ketones (excluding diaryl/α,β-unsaturated/α-hetero) is 2. The van der Waals surface area contributed by atoms with Crippen molar-refractivity contribution in [2.45, 2.75) is 72.9 Å². The van der Waals surface area contributed by atoms with E-state index in [0.29, 0.717) is 11.3 Å². The summed E-state index contributed by atoms with van der Waals surface area (Å²) in [5, 5.41) is 20.0. The number of hydrogen-bond acceptors (Lipinski definition) is 13. The lowest BCUT2D eigenvalue weighted by atomic mass is 9.52. The van der Waals surface area contributed by atoms with Crippen molar-refractivity contribution in [2.24, 2.45) is 17.3 Å². The summed E-state index contributed by atoms with van der Waals surface area (Å²) in [4.78, 5) is 95.9. The van der Waals surface area contributed by atoms with E-state index in [1.54, 1.807) is 44.1 Å². The van der Waals surface area contributed by atoms with Gasteiger partial charge in [0.1, 0.15) is 17.1 Å². The zero-order valence-electron chi connectivity index (χ0n) is 30.9. The van der Waals surface area contributed by atoms with Crippen molar-refractivity contribution in [3.05, 3.63) is 34.1 Å². The van der Waals surface area contributed by atoms with E-state index in [9.17, 15) is 38.7 Å². The van der Waals surface area contributed by atoms with E-state index < -0.39 is 75.9 Å². The van der Waals surface area contributed by atoms with E-state index in [1.165, 1.54) is 6.92 Å². The fourth-order valence-corrected chi connectivity index (χ4v) is 7.31. The van der Waals surface area contributed by atoms with Crippen LogP contribution in [0.5, 0.6) is 5.75 Å². The molecule has 1 saturated carbocycles. The SMILES string of the molecule is CC(=O)NC(=O)C1=C(OC(C)=O)[C@@H](N(C)C)[C@@H]2C[C@@H]3Cc4c(N(C)C)cc(NC(=O)CNC(C)(C)C)c(OC(C)=O)c4C(O)=C3C(=O)[C@]2(C)C1=O. The van der Waals surface area contributed by atoms with Gasteiger partial charge in [0.2, 0.25) is 11.8 Å². The number of nitrogens with zero attached hydrogens (tertiary/aromatic N) is 2. The van der Waals surface area contributed by atoms with Gasteiger partial charge >= 0.3 is 11.9 Å². The molecule has 4 rings (SSSR count). The molecule has 276 valence electrons. The smallest absolute Gasteiger partial charge is 0.308 e. The highest BCUT2D eigenvalue weighted by Gasteiger charge is 2.63. The summed E-state index contributed by atoms with van der Waals surface area (Å²) in [6.45, 7) is 10.3. The summed E-state index contributed by atoms with van der Waals surface area (Å²) in [5.41, 5.74) is -1.91. The van der Waals surface area contributed by atoms with Crippen LogP contribution in [0.3, 0.4) is 0 Å². The molecule has 1 aromatic rings. The minimum atomic E-state index is -1.96. The largest absolute Gasteiger partial charge is 0.507 e. The van der Waals surface area contributed by atoms with Crippen molar-refractivity contribution in [1.29, 1.82) is 0 Å². The number of hydrogen-bond donors (Lipinski definition) is 4. The van der Waals surface area contributed by atoms with Crippen LogP contribution < -0.4 is 25.6 Å². The van der Waals surface area contributed by atoms with Crippen molar-refractivity contribution in [2.75, 3.05) is 45.0 Å². The van der Waals surface area contributed by atoms with Crippen LogP contribution in [-0.4, -0.2) is 97.5 Å². The van der Waals surface area contributed by atoms with Gasteiger partial charge in [-0.2, -0.15) is 0 Å². The summed E-state index contributed by atoms with van der Waals surface area (Å²) in [5.74, 6) is -8.15. The number of carbonyl (C=O) groups is 7.